The monoisotopic (exact) mass is 380 g/mol. The van der Waals surface area contributed by atoms with Crippen LogP contribution >= 0.6 is 38.9 Å². The molecule has 0 amide bonds. The average molecular weight is 382 g/mol. The van der Waals surface area contributed by atoms with Crippen LogP contribution in [0.25, 0.3) is 0 Å². The molecule has 0 fully saturated rings. The van der Waals surface area contributed by atoms with Gasteiger partial charge in [-0.25, -0.2) is 8.42 Å². The fourth-order valence-electron chi connectivity index (χ4n) is 1.38. The third-order valence-electron chi connectivity index (χ3n) is 2.28. The fraction of sp³-hybridized carbons (Fsp3) is 0.0909. The van der Waals surface area contributed by atoms with Crippen molar-refractivity contribution in [1.29, 1.82) is 0 Å². The van der Waals surface area contributed by atoms with Gasteiger partial charge in [-0.05, 0) is 30.3 Å². The summed E-state index contributed by atoms with van der Waals surface area (Å²) in [5.74, 6) is 0. The summed E-state index contributed by atoms with van der Waals surface area (Å²) in [6, 6.07) is 8.16. The zero-order valence-corrected chi connectivity index (χ0v) is 13.5. The molecule has 0 atom stereocenters. The quantitative estimate of drug-likeness (QED) is 0.852. The zero-order chi connectivity index (χ0) is 14.0. The van der Waals surface area contributed by atoms with Crippen LogP contribution in [0.3, 0.4) is 0 Å². The van der Waals surface area contributed by atoms with Gasteiger partial charge in [0, 0.05) is 15.9 Å². The Morgan fingerprint density at radius 3 is 2.63 bits per heavy atom. The topological polar surface area (TPSA) is 72.2 Å². The van der Waals surface area contributed by atoms with Crippen LogP contribution in [-0.4, -0.2) is 8.42 Å². The van der Waals surface area contributed by atoms with Crippen molar-refractivity contribution in [1.82, 2.24) is 0 Å². The Labute approximate surface area is 128 Å². The minimum Gasteiger partial charge on any atom is -0.326 e. The summed E-state index contributed by atoms with van der Waals surface area (Å²) in [6.07, 6.45) is 0. The number of nitrogens with one attached hydrogen (secondary N) is 1. The van der Waals surface area contributed by atoms with E-state index in [1.165, 1.54) is 6.07 Å². The molecule has 4 nitrogen and oxygen atoms in total. The number of sulfonamides is 1. The number of hydrogen-bond acceptors (Lipinski definition) is 4. The van der Waals surface area contributed by atoms with Crippen LogP contribution in [0.4, 0.5) is 5.69 Å². The van der Waals surface area contributed by atoms with E-state index in [-0.39, 0.29) is 4.21 Å². The lowest BCUT2D eigenvalue weighted by molar-refractivity contribution is 0.603. The second-order valence-electron chi connectivity index (χ2n) is 3.65. The first kappa shape index (κ1) is 14.8. The first-order chi connectivity index (χ1) is 8.92. The number of hydrogen-bond donors (Lipinski definition) is 2. The smallest absolute Gasteiger partial charge is 0.271 e. The van der Waals surface area contributed by atoms with Gasteiger partial charge in [-0.2, -0.15) is 0 Å². The summed E-state index contributed by atoms with van der Waals surface area (Å²) in [5.41, 5.74) is 5.81. The van der Waals surface area contributed by atoms with Crippen molar-refractivity contribution < 1.29 is 8.42 Å². The maximum Gasteiger partial charge on any atom is 0.271 e. The van der Waals surface area contributed by atoms with Gasteiger partial charge in [-0.3, -0.25) is 4.72 Å². The number of anilines is 1. The minimum absolute atomic E-state index is 0.215. The van der Waals surface area contributed by atoms with Crippen LogP contribution in [0.2, 0.25) is 5.02 Å². The van der Waals surface area contributed by atoms with Gasteiger partial charge in [0.1, 0.15) is 4.21 Å². The number of thiophene rings is 1. The van der Waals surface area contributed by atoms with Gasteiger partial charge in [0.05, 0.1) is 10.7 Å². The summed E-state index contributed by atoms with van der Waals surface area (Å²) in [7, 11) is -3.62. The molecular weight excluding hydrogens is 372 g/mol. The Hall–Kier alpha value is -0.600. The second kappa shape index (κ2) is 5.80. The maximum atomic E-state index is 12.2. The lowest BCUT2D eigenvalue weighted by Crippen LogP contribution is -2.11. The van der Waals surface area contributed by atoms with Crippen molar-refractivity contribution >= 4 is 54.6 Å². The number of nitrogens with two attached hydrogens (primary N) is 1. The first-order valence-corrected chi connectivity index (χ1v) is 8.66. The summed E-state index contributed by atoms with van der Waals surface area (Å²) >= 11 is 10.4. The van der Waals surface area contributed by atoms with Crippen LogP contribution < -0.4 is 10.5 Å². The van der Waals surface area contributed by atoms with E-state index >= 15 is 0 Å². The third kappa shape index (κ3) is 3.49. The summed E-state index contributed by atoms with van der Waals surface area (Å²) in [4.78, 5) is 0.808. The molecule has 102 valence electrons. The average Bonchev–Trinajstić information content (AvgIpc) is 2.82. The van der Waals surface area contributed by atoms with Gasteiger partial charge >= 0.3 is 0 Å². The van der Waals surface area contributed by atoms with Crippen molar-refractivity contribution in [2.75, 3.05) is 4.72 Å². The summed E-state index contributed by atoms with van der Waals surface area (Å²) in [6.45, 7) is 0.319. The fourth-order valence-corrected chi connectivity index (χ4v) is 4.47. The van der Waals surface area contributed by atoms with Gasteiger partial charge in [0.15, 0.2) is 0 Å². The van der Waals surface area contributed by atoms with Crippen LogP contribution in [0.5, 0.6) is 0 Å². The molecule has 0 aliphatic heterocycles. The Kier molecular flexibility index (Phi) is 4.52. The first-order valence-electron chi connectivity index (χ1n) is 5.19. The molecule has 8 heteroatoms. The largest absolute Gasteiger partial charge is 0.326 e. The molecule has 19 heavy (non-hydrogen) atoms. The van der Waals surface area contributed by atoms with Gasteiger partial charge in [-0.1, -0.05) is 27.5 Å². The van der Waals surface area contributed by atoms with Crippen molar-refractivity contribution in [3.63, 3.8) is 0 Å². The van der Waals surface area contributed by atoms with Crippen molar-refractivity contribution in [3.8, 4) is 0 Å². The lowest BCUT2D eigenvalue weighted by Gasteiger charge is -2.08. The molecule has 2 rings (SSSR count). The van der Waals surface area contributed by atoms with E-state index in [0.717, 1.165) is 20.7 Å². The molecule has 0 saturated carbocycles. The second-order valence-corrected chi connectivity index (χ2v) is 8.05. The normalized spacial score (nSPS) is 11.5. The highest BCUT2D eigenvalue weighted by Gasteiger charge is 2.18. The Morgan fingerprint density at radius 1 is 1.32 bits per heavy atom. The van der Waals surface area contributed by atoms with Crippen LogP contribution in [0.1, 0.15) is 4.88 Å². The Balaban J connectivity index is 2.30. The molecule has 3 N–H and O–H groups in total. The zero-order valence-electron chi connectivity index (χ0n) is 9.56. The van der Waals surface area contributed by atoms with E-state index in [1.54, 1.807) is 24.3 Å². The predicted molar refractivity (Wildman–Crippen MR) is 82.2 cm³/mol. The molecule has 1 aromatic heterocycles. The van der Waals surface area contributed by atoms with Gasteiger partial charge in [0.2, 0.25) is 0 Å². The molecule has 0 spiro atoms. The standard InChI is InChI=1S/C11H10BrClN2O2S2/c12-7-1-3-10(9(13)5-7)15-19(16,17)11-4-2-8(6-14)18-11/h1-5,15H,6,14H2. The molecule has 0 bridgehead atoms. The van der Waals surface area contributed by atoms with Crippen LogP contribution in [-0.2, 0) is 16.6 Å². The Bertz CT molecular complexity index is 700. The van der Waals surface area contributed by atoms with Gasteiger partial charge < -0.3 is 5.73 Å². The minimum atomic E-state index is -3.62. The molecule has 0 aliphatic rings. The summed E-state index contributed by atoms with van der Waals surface area (Å²) in [5, 5.41) is 0.327. The molecule has 2 aromatic rings. The molecule has 0 unspecified atom stereocenters. The van der Waals surface area contributed by atoms with Crippen LogP contribution in [0, 0.1) is 0 Å². The van der Waals surface area contributed by atoms with Gasteiger partial charge in [-0.15, -0.1) is 11.3 Å². The number of rotatable bonds is 4. The van der Waals surface area contributed by atoms with E-state index in [0.29, 0.717) is 17.3 Å². The highest BCUT2D eigenvalue weighted by molar-refractivity contribution is 9.10. The molecule has 0 radical (unpaired) electrons. The van der Waals surface area contributed by atoms with E-state index in [2.05, 4.69) is 20.7 Å². The van der Waals surface area contributed by atoms with E-state index in [9.17, 15) is 8.42 Å². The molecule has 1 aromatic carbocycles. The SMILES string of the molecule is NCc1ccc(S(=O)(=O)Nc2ccc(Br)cc2Cl)s1. The van der Waals surface area contributed by atoms with Crippen molar-refractivity contribution in [2.45, 2.75) is 10.8 Å². The highest BCUT2D eigenvalue weighted by atomic mass is 79.9. The Morgan fingerprint density at radius 2 is 2.05 bits per heavy atom. The van der Waals surface area contributed by atoms with E-state index < -0.39 is 10.0 Å². The van der Waals surface area contributed by atoms with Crippen LogP contribution in [0.15, 0.2) is 39.0 Å². The summed E-state index contributed by atoms with van der Waals surface area (Å²) < 4.78 is 27.8. The maximum absolute atomic E-state index is 12.2. The van der Waals surface area contributed by atoms with Crippen molar-refractivity contribution in [2.24, 2.45) is 5.73 Å². The van der Waals surface area contributed by atoms with E-state index in [4.69, 9.17) is 17.3 Å². The molecular formula is C11H10BrClN2O2S2. The highest BCUT2D eigenvalue weighted by Crippen LogP contribution is 2.29. The predicted octanol–water partition coefficient (Wildman–Crippen LogP) is 3.42. The number of benzene rings is 1. The third-order valence-corrected chi connectivity index (χ3v) is 6.05. The van der Waals surface area contributed by atoms with Crippen molar-refractivity contribution in [3.05, 3.63) is 44.7 Å². The lowest BCUT2D eigenvalue weighted by atomic mass is 10.3. The van der Waals surface area contributed by atoms with Gasteiger partial charge in [0.25, 0.3) is 10.0 Å². The molecule has 0 aliphatic carbocycles. The van der Waals surface area contributed by atoms with E-state index in [1.807, 2.05) is 0 Å². The number of halogens is 2. The molecule has 0 saturated heterocycles. The molecule has 1 heterocycles.